The Morgan fingerprint density at radius 3 is 2.57 bits per heavy atom. The van der Waals surface area contributed by atoms with Crippen LogP contribution in [0.5, 0.6) is 5.75 Å². The molecule has 0 saturated heterocycles. The molecule has 0 amide bonds. The summed E-state index contributed by atoms with van der Waals surface area (Å²) in [6.07, 6.45) is 1.19. The van der Waals surface area contributed by atoms with Gasteiger partial charge in [0.1, 0.15) is 0 Å². The largest absolute Gasteiger partial charge is 0.494 e. The highest BCUT2D eigenvalue weighted by Crippen LogP contribution is 2.27. The lowest BCUT2D eigenvalue weighted by Crippen LogP contribution is -2.35. The molecule has 0 radical (unpaired) electrons. The molecule has 0 saturated carbocycles. The predicted molar refractivity (Wildman–Crippen MR) is 82.6 cm³/mol. The standard InChI is InChI=1S/C13H17FN2O3S2/c1-13(2,21(4,17)18)7-16-10-6-11(19-3)8(14)5-9(10)15-12(16)20/h5-6H,7H2,1-4H3,(H,15,20). The van der Waals surface area contributed by atoms with E-state index in [9.17, 15) is 12.8 Å². The lowest BCUT2D eigenvalue weighted by molar-refractivity contribution is 0.387. The van der Waals surface area contributed by atoms with Crippen molar-refractivity contribution in [1.82, 2.24) is 9.55 Å². The smallest absolute Gasteiger partial charge is 0.178 e. The quantitative estimate of drug-likeness (QED) is 0.874. The van der Waals surface area contributed by atoms with E-state index in [2.05, 4.69) is 4.98 Å². The van der Waals surface area contributed by atoms with Gasteiger partial charge in [0, 0.05) is 24.9 Å². The highest BCUT2D eigenvalue weighted by Gasteiger charge is 2.31. The summed E-state index contributed by atoms with van der Waals surface area (Å²) in [4.78, 5) is 2.88. The van der Waals surface area contributed by atoms with Crippen molar-refractivity contribution in [3.8, 4) is 5.75 Å². The number of imidazole rings is 1. The molecular formula is C13H17FN2O3S2. The Morgan fingerprint density at radius 2 is 2.05 bits per heavy atom. The molecule has 1 heterocycles. The van der Waals surface area contributed by atoms with E-state index in [1.807, 2.05) is 0 Å². The number of rotatable bonds is 4. The first-order chi connectivity index (χ1) is 9.56. The van der Waals surface area contributed by atoms with Crippen LogP contribution >= 0.6 is 12.2 Å². The highest BCUT2D eigenvalue weighted by atomic mass is 32.2. The number of hydrogen-bond acceptors (Lipinski definition) is 4. The minimum Gasteiger partial charge on any atom is -0.494 e. The van der Waals surface area contributed by atoms with E-state index in [4.69, 9.17) is 17.0 Å². The Bertz CT molecular complexity index is 850. The summed E-state index contributed by atoms with van der Waals surface area (Å²) in [5.74, 6) is -0.418. The van der Waals surface area contributed by atoms with Gasteiger partial charge in [-0.1, -0.05) is 0 Å². The summed E-state index contributed by atoms with van der Waals surface area (Å²) in [5.41, 5.74) is 1.11. The maximum atomic E-state index is 13.7. The first-order valence-corrected chi connectivity index (χ1v) is 8.52. The average molecular weight is 332 g/mol. The lowest BCUT2D eigenvalue weighted by Gasteiger charge is -2.23. The van der Waals surface area contributed by atoms with Crippen molar-refractivity contribution < 1.29 is 17.5 Å². The van der Waals surface area contributed by atoms with E-state index in [-0.39, 0.29) is 12.3 Å². The second-order valence-corrected chi connectivity index (χ2v) is 8.59. The molecular weight excluding hydrogens is 315 g/mol. The van der Waals surface area contributed by atoms with Gasteiger partial charge in [-0.15, -0.1) is 0 Å². The first kappa shape index (κ1) is 16.0. The van der Waals surface area contributed by atoms with E-state index in [0.29, 0.717) is 15.8 Å². The summed E-state index contributed by atoms with van der Waals surface area (Å²) in [6, 6.07) is 2.79. The normalized spacial score (nSPS) is 12.8. The highest BCUT2D eigenvalue weighted by molar-refractivity contribution is 7.92. The zero-order chi connectivity index (χ0) is 16.0. The number of hydrogen-bond donors (Lipinski definition) is 1. The number of ether oxygens (including phenoxy) is 1. The third-order valence-electron chi connectivity index (χ3n) is 3.59. The minimum atomic E-state index is -3.27. The van der Waals surface area contributed by atoms with Gasteiger partial charge in [-0.05, 0) is 26.1 Å². The van der Waals surface area contributed by atoms with E-state index in [0.717, 1.165) is 0 Å². The second-order valence-electron chi connectivity index (χ2n) is 5.55. The molecule has 0 fully saturated rings. The lowest BCUT2D eigenvalue weighted by atomic mass is 10.2. The molecule has 0 spiro atoms. The zero-order valence-electron chi connectivity index (χ0n) is 12.2. The van der Waals surface area contributed by atoms with Gasteiger partial charge in [-0.2, -0.15) is 0 Å². The summed E-state index contributed by atoms with van der Waals surface area (Å²) in [5, 5.41) is 0. The second kappa shape index (κ2) is 5.10. The topological polar surface area (TPSA) is 64.1 Å². The van der Waals surface area contributed by atoms with Gasteiger partial charge in [0.25, 0.3) is 0 Å². The van der Waals surface area contributed by atoms with Crippen LogP contribution in [-0.2, 0) is 16.4 Å². The number of halogens is 1. The minimum absolute atomic E-state index is 0.0856. The molecule has 0 aliphatic heterocycles. The van der Waals surface area contributed by atoms with Crippen LogP contribution in [0.4, 0.5) is 4.39 Å². The number of methoxy groups -OCH3 is 1. The van der Waals surface area contributed by atoms with Crippen LogP contribution in [0.25, 0.3) is 11.0 Å². The van der Waals surface area contributed by atoms with Crippen LogP contribution in [0, 0.1) is 10.6 Å². The van der Waals surface area contributed by atoms with Crippen LogP contribution < -0.4 is 4.74 Å². The van der Waals surface area contributed by atoms with Gasteiger partial charge in [0.05, 0.1) is 22.9 Å². The Morgan fingerprint density at radius 1 is 1.43 bits per heavy atom. The third kappa shape index (κ3) is 2.82. The van der Waals surface area contributed by atoms with E-state index in [1.54, 1.807) is 18.4 Å². The number of H-pyrrole nitrogens is 1. The number of nitrogens with one attached hydrogen (secondary N) is 1. The summed E-state index contributed by atoms with van der Waals surface area (Å²) in [7, 11) is -1.90. The van der Waals surface area contributed by atoms with E-state index >= 15 is 0 Å². The number of benzene rings is 1. The molecule has 2 aromatic rings. The number of aromatic nitrogens is 2. The van der Waals surface area contributed by atoms with Crippen molar-refractivity contribution >= 4 is 33.1 Å². The number of sulfone groups is 1. The van der Waals surface area contributed by atoms with Gasteiger partial charge in [0.2, 0.25) is 0 Å². The predicted octanol–water partition coefficient (Wildman–Crippen LogP) is 2.67. The van der Waals surface area contributed by atoms with Crippen molar-refractivity contribution in [3.05, 3.63) is 22.7 Å². The zero-order valence-corrected chi connectivity index (χ0v) is 13.9. The van der Waals surface area contributed by atoms with Crippen LogP contribution in [0.3, 0.4) is 0 Å². The molecule has 5 nitrogen and oxygen atoms in total. The summed E-state index contributed by atoms with van der Waals surface area (Å²) < 4.78 is 43.4. The molecule has 0 unspecified atom stereocenters. The van der Waals surface area contributed by atoms with Gasteiger partial charge in [0.15, 0.2) is 26.2 Å². The van der Waals surface area contributed by atoms with Crippen molar-refractivity contribution in [3.63, 3.8) is 0 Å². The van der Waals surface area contributed by atoms with Gasteiger partial charge < -0.3 is 14.3 Å². The maximum Gasteiger partial charge on any atom is 0.178 e. The molecule has 0 aliphatic carbocycles. The van der Waals surface area contributed by atoms with Gasteiger partial charge >= 0.3 is 0 Å². The van der Waals surface area contributed by atoms with Crippen LogP contribution in [0.2, 0.25) is 0 Å². The number of aromatic amines is 1. The van der Waals surface area contributed by atoms with Crippen LogP contribution in [0.15, 0.2) is 12.1 Å². The Hall–Kier alpha value is -1.41. The van der Waals surface area contributed by atoms with Gasteiger partial charge in [-0.25, -0.2) is 12.8 Å². The molecule has 0 bridgehead atoms. The molecule has 0 atom stereocenters. The van der Waals surface area contributed by atoms with Crippen molar-refractivity contribution in [2.24, 2.45) is 0 Å². The fourth-order valence-electron chi connectivity index (χ4n) is 1.97. The monoisotopic (exact) mass is 332 g/mol. The SMILES string of the molecule is COc1cc2c(cc1F)[nH]c(=S)n2CC(C)(C)S(C)(=O)=O. The Labute approximate surface area is 127 Å². The number of nitrogens with zero attached hydrogens (tertiary/aromatic N) is 1. The van der Waals surface area contributed by atoms with Crippen molar-refractivity contribution in [2.45, 2.75) is 25.1 Å². The van der Waals surface area contributed by atoms with E-state index < -0.39 is 20.4 Å². The fourth-order valence-corrected chi connectivity index (χ4v) is 2.61. The van der Waals surface area contributed by atoms with Crippen LogP contribution in [-0.4, -0.2) is 36.1 Å². The molecule has 21 heavy (non-hydrogen) atoms. The van der Waals surface area contributed by atoms with Crippen molar-refractivity contribution in [1.29, 1.82) is 0 Å². The molecule has 1 aromatic carbocycles. The third-order valence-corrected chi connectivity index (χ3v) is 6.05. The molecule has 1 aromatic heterocycles. The Balaban J connectivity index is 2.65. The maximum absolute atomic E-state index is 13.7. The summed E-state index contributed by atoms with van der Waals surface area (Å²) in [6.45, 7) is 3.42. The average Bonchev–Trinajstić information content (AvgIpc) is 2.62. The molecule has 0 aliphatic rings. The summed E-state index contributed by atoms with van der Waals surface area (Å²) >= 11 is 5.22. The first-order valence-electron chi connectivity index (χ1n) is 6.22. The molecule has 2 rings (SSSR count). The molecule has 116 valence electrons. The van der Waals surface area contributed by atoms with Crippen molar-refractivity contribution in [2.75, 3.05) is 13.4 Å². The molecule has 8 heteroatoms. The Kier molecular flexibility index (Phi) is 3.88. The fraction of sp³-hybridized carbons (Fsp3) is 0.462. The number of fused-ring (bicyclic) bond motifs is 1. The van der Waals surface area contributed by atoms with E-state index in [1.165, 1.54) is 25.5 Å². The van der Waals surface area contributed by atoms with Crippen LogP contribution in [0.1, 0.15) is 13.8 Å². The molecule has 1 N–H and O–H groups in total. The van der Waals surface area contributed by atoms with Gasteiger partial charge in [-0.3, -0.25) is 0 Å².